The Morgan fingerprint density at radius 3 is 0.573 bits per heavy atom. The van der Waals surface area contributed by atoms with Crippen LogP contribution >= 0.6 is 15.6 Å². The van der Waals surface area contributed by atoms with Crippen molar-refractivity contribution in [1.29, 1.82) is 0 Å². The highest BCUT2D eigenvalue weighted by Gasteiger charge is 2.30. The lowest BCUT2D eigenvalue weighted by Crippen LogP contribution is -2.30. The number of carbonyl (C=O) groups is 4. The minimum atomic E-state index is -4.96. The van der Waals surface area contributed by atoms with Gasteiger partial charge in [0.05, 0.1) is 26.4 Å². The normalized spacial score (nSPS) is 13.7. The number of hydrogen-bond donors (Lipinski definition) is 3. The molecule has 2 unspecified atom stereocenters. The van der Waals surface area contributed by atoms with E-state index in [1.54, 1.807) is 0 Å². The van der Waals surface area contributed by atoms with Gasteiger partial charge < -0.3 is 33.8 Å². The average Bonchev–Trinajstić information content (AvgIpc) is 0.935. The van der Waals surface area contributed by atoms with E-state index in [-0.39, 0.29) is 25.7 Å². The summed E-state index contributed by atoms with van der Waals surface area (Å²) in [5, 5.41) is 10.6. The number of ether oxygens (including phenoxy) is 4. The Kier molecular flexibility index (Phi) is 76.7. The van der Waals surface area contributed by atoms with Gasteiger partial charge in [0.15, 0.2) is 12.2 Å². The molecule has 0 bridgehead atoms. The van der Waals surface area contributed by atoms with Crippen LogP contribution in [0.4, 0.5) is 0 Å². The third-order valence-corrected chi connectivity index (χ3v) is 21.8. The van der Waals surface area contributed by atoms with Crippen LogP contribution in [0.2, 0.25) is 0 Å². The molecule has 0 radical (unpaired) electrons. The molecular formula is C84H164O17P2. The van der Waals surface area contributed by atoms with E-state index >= 15 is 0 Å². The Morgan fingerprint density at radius 2 is 0.388 bits per heavy atom. The molecule has 0 aromatic carbocycles. The minimum Gasteiger partial charge on any atom is -0.462 e. The molecule has 5 atom stereocenters. The molecule has 0 saturated carbocycles. The van der Waals surface area contributed by atoms with Gasteiger partial charge in [-0.15, -0.1) is 0 Å². The Bertz CT molecular complexity index is 1950. The molecule has 0 fully saturated rings. The van der Waals surface area contributed by atoms with Gasteiger partial charge in [-0.1, -0.05) is 407 Å². The number of aliphatic hydroxyl groups is 1. The summed E-state index contributed by atoms with van der Waals surface area (Å²) < 4.78 is 68.7. The first-order valence-electron chi connectivity index (χ1n) is 43.8. The van der Waals surface area contributed by atoms with Crippen LogP contribution in [0, 0.1) is 0 Å². The monoisotopic (exact) mass is 1510 g/mol. The Morgan fingerprint density at radius 1 is 0.233 bits per heavy atom. The third-order valence-electron chi connectivity index (χ3n) is 19.9. The van der Waals surface area contributed by atoms with Crippen LogP contribution in [-0.2, 0) is 65.4 Å². The van der Waals surface area contributed by atoms with Crippen LogP contribution in [0.3, 0.4) is 0 Å². The van der Waals surface area contributed by atoms with Gasteiger partial charge in [-0.25, -0.2) is 9.13 Å². The predicted molar refractivity (Wildman–Crippen MR) is 423 cm³/mol. The maximum atomic E-state index is 13.1. The summed E-state index contributed by atoms with van der Waals surface area (Å²) in [4.78, 5) is 73.0. The minimum absolute atomic E-state index is 0.108. The molecule has 0 aliphatic rings. The third kappa shape index (κ3) is 78.0. The second-order valence-electron chi connectivity index (χ2n) is 30.2. The lowest BCUT2D eigenvalue weighted by atomic mass is 10.0. The van der Waals surface area contributed by atoms with E-state index < -0.39 is 97.5 Å². The fourth-order valence-corrected chi connectivity index (χ4v) is 14.7. The smallest absolute Gasteiger partial charge is 0.462 e. The number of hydrogen-bond acceptors (Lipinski definition) is 15. The molecule has 0 heterocycles. The highest BCUT2D eigenvalue weighted by atomic mass is 31.2. The van der Waals surface area contributed by atoms with E-state index in [1.165, 1.54) is 289 Å². The zero-order valence-electron chi connectivity index (χ0n) is 67.3. The number of esters is 4. The van der Waals surface area contributed by atoms with Crippen molar-refractivity contribution in [2.75, 3.05) is 39.6 Å². The van der Waals surface area contributed by atoms with Gasteiger partial charge in [0.1, 0.15) is 19.3 Å². The van der Waals surface area contributed by atoms with E-state index in [4.69, 9.17) is 37.0 Å². The van der Waals surface area contributed by atoms with Crippen molar-refractivity contribution in [3.63, 3.8) is 0 Å². The summed E-state index contributed by atoms with van der Waals surface area (Å²) in [6, 6.07) is 0. The lowest BCUT2D eigenvalue weighted by Gasteiger charge is -2.21. The predicted octanol–water partition coefficient (Wildman–Crippen LogP) is 25.7. The largest absolute Gasteiger partial charge is 0.472 e. The fraction of sp³-hybridized carbons (Fsp3) is 0.952. The van der Waals surface area contributed by atoms with Gasteiger partial charge in [-0.2, -0.15) is 0 Å². The maximum absolute atomic E-state index is 13.1. The van der Waals surface area contributed by atoms with Gasteiger partial charge in [0.25, 0.3) is 0 Å². The first-order valence-corrected chi connectivity index (χ1v) is 46.8. The van der Waals surface area contributed by atoms with Crippen molar-refractivity contribution in [3.05, 3.63) is 0 Å². The summed E-state index contributed by atoms with van der Waals surface area (Å²) >= 11 is 0. The Labute approximate surface area is 632 Å². The van der Waals surface area contributed by atoms with E-state index in [2.05, 4.69) is 27.7 Å². The summed E-state index contributed by atoms with van der Waals surface area (Å²) in [5.74, 6) is -2.10. The molecule has 0 aliphatic heterocycles. The fourth-order valence-electron chi connectivity index (χ4n) is 13.2. The van der Waals surface area contributed by atoms with Crippen LogP contribution < -0.4 is 0 Å². The number of carbonyl (C=O) groups excluding carboxylic acids is 4. The first kappa shape index (κ1) is 101. The summed E-state index contributed by atoms with van der Waals surface area (Å²) in [5.41, 5.74) is 0. The van der Waals surface area contributed by atoms with Crippen molar-refractivity contribution in [2.45, 2.75) is 476 Å². The molecule has 0 amide bonds. The standard InChI is InChI=1S/C84H164O17P2/c1-5-9-13-17-21-25-28-31-33-35-37-39-41-43-45-48-50-53-57-61-65-69-82(87)95-75-80(101-84(89)71-67-63-59-55-52-49-46-44-42-40-38-36-34-32-29-26-22-18-14-10-6-2)77-99-103(92,93)97-73-78(85)72-96-102(90,91)98-76-79(74-94-81(86)68-64-60-56-24-20-16-12-8-4)100-83(88)70-66-62-58-54-51-47-30-27-23-19-15-11-7-3/h78-80,85H,5-77H2,1-4H3,(H,90,91)(H,92,93)/t78-,79+,80+/m0/s1. The van der Waals surface area contributed by atoms with E-state index in [0.717, 1.165) is 89.9 Å². The van der Waals surface area contributed by atoms with Crippen LogP contribution in [0.15, 0.2) is 0 Å². The summed E-state index contributed by atoms with van der Waals surface area (Å²) in [6.45, 7) is 5.01. The molecule has 0 aliphatic carbocycles. The number of rotatable bonds is 85. The molecule has 103 heavy (non-hydrogen) atoms. The lowest BCUT2D eigenvalue weighted by molar-refractivity contribution is -0.161. The van der Waals surface area contributed by atoms with Gasteiger partial charge >= 0.3 is 39.5 Å². The Balaban J connectivity index is 5.16. The van der Waals surface area contributed by atoms with E-state index in [9.17, 15) is 43.2 Å². The summed E-state index contributed by atoms with van der Waals surface area (Å²) in [7, 11) is -9.92. The highest BCUT2D eigenvalue weighted by molar-refractivity contribution is 7.47. The molecule has 0 spiro atoms. The molecule has 17 nitrogen and oxygen atoms in total. The molecule has 0 saturated heterocycles. The van der Waals surface area contributed by atoms with Crippen LogP contribution in [-0.4, -0.2) is 96.7 Å². The molecule has 3 N–H and O–H groups in total. The molecule has 612 valence electrons. The number of unbranched alkanes of at least 4 members (excludes halogenated alkanes) is 59. The highest BCUT2D eigenvalue weighted by Crippen LogP contribution is 2.45. The second-order valence-corrected chi connectivity index (χ2v) is 33.1. The van der Waals surface area contributed by atoms with Crippen LogP contribution in [0.5, 0.6) is 0 Å². The van der Waals surface area contributed by atoms with Gasteiger partial charge in [0.2, 0.25) is 0 Å². The number of aliphatic hydroxyl groups excluding tert-OH is 1. The van der Waals surface area contributed by atoms with Crippen molar-refractivity contribution in [3.8, 4) is 0 Å². The molecule has 0 aromatic rings. The van der Waals surface area contributed by atoms with Crippen LogP contribution in [0.25, 0.3) is 0 Å². The van der Waals surface area contributed by atoms with Crippen molar-refractivity contribution < 1.29 is 80.2 Å². The SMILES string of the molecule is CCCCCCCCCCCCCCCCCCCCCCCC(=O)OC[C@H](COP(=O)(O)OC[C@@H](O)COP(=O)(O)OC[C@@H](COC(=O)CCCCCCCCCC)OC(=O)CCCCCCCCCCCCCCC)OC(=O)CCCCCCCCCCCCCCCCCCCCCCC. The van der Waals surface area contributed by atoms with Gasteiger partial charge in [-0.3, -0.25) is 37.3 Å². The number of phosphoric ester groups is 2. The first-order chi connectivity index (χ1) is 50.2. The zero-order valence-corrected chi connectivity index (χ0v) is 69.1. The van der Waals surface area contributed by atoms with E-state index in [1.807, 2.05) is 0 Å². The molecule has 19 heteroatoms. The Hall–Kier alpha value is -1.94. The average molecular weight is 1510 g/mol. The topological polar surface area (TPSA) is 237 Å². The van der Waals surface area contributed by atoms with E-state index in [0.29, 0.717) is 25.7 Å². The molecular weight excluding hydrogens is 1340 g/mol. The molecule has 0 aromatic heterocycles. The van der Waals surface area contributed by atoms with Crippen LogP contribution in [0.1, 0.15) is 458 Å². The zero-order chi connectivity index (χ0) is 75.3. The second kappa shape index (κ2) is 78.2. The van der Waals surface area contributed by atoms with Crippen molar-refractivity contribution in [1.82, 2.24) is 0 Å². The van der Waals surface area contributed by atoms with Crippen molar-refractivity contribution >= 4 is 39.5 Å². The van der Waals surface area contributed by atoms with Crippen molar-refractivity contribution in [2.24, 2.45) is 0 Å². The van der Waals surface area contributed by atoms with Gasteiger partial charge in [0, 0.05) is 25.7 Å². The maximum Gasteiger partial charge on any atom is 0.472 e. The summed E-state index contributed by atoms with van der Waals surface area (Å²) in [6.07, 6.45) is 72.4. The van der Waals surface area contributed by atoms with Gasteiger partial charge in [-0.05, 0) is 25.7 Å². The quantitative estimate of drug-likeness (QED) is 0.0222. The number of phosphoric acid groups is 2. The molecule has 0 rings (SSSR count).